The highest BCUT2D eigenvalue weighted by atomic mass is 32.2. The molecule has 0 saturated carbocycles. The molecule has 1 rings (SSSR count). The number of benzene rings is 1. The Morgan fingerprint density at radius 3 is 2.60 bits per heavy atom. The maximum Gasteiger partial charge on any atom is 0.339 e. The number of carbonyl (C=O) groups excluding carboxylic acids is 1. The van der Waals surface area contributed by atoms with Crippen LogP contribution in [0.3, 0.4) is 0 Å². The van der Waals surface area contributed by atoms with Crippen LogP contribution in [0.25, 0.3) is 0 Å². The smallest absolute Gasteiger partial charge is 0.339 e. The van der Waals surface area contributed by atoms with Crippen molar-refractivity contribution in [3.05, 3.63) is 23.8 Å². The van der Waals surface area contributed by atoms with Gasteiger partial charge >= 0.3 is 12.0 Å². The molecule has 0 aliphatic heterocycles. The van der Waals surface area contributed by atoms with Crippen LogP contribution in [0.1, 0.15) is 17.3 Å². The number of rotatable bonds is 6. The van der Waals surface area contributed by atoms with Crippen molar-refractivity contribution >= 4 is 28.5 Å². The third-order valence-electron chi connectivity index (χ3n) is 2.42. The van der Waals surface area contributed by atoms with E-state index < -0.39 is 28.5 Å². The SMILES string of the molecule is CCS(=O)CCNC(=O)Nc1ccc(C(=O)O)c(O)c1. The van der Waals surface area contributed by atoms with Crippen molar-refractivity contribution in [2.75, 3.05) is 23.4 Å². The van der Waals surface area contributed by atoms with Gasteiger partial charge in [-0.3, -0.25) is 4.21 Å². The molecule has 7 nitrogen and oxygen atoms in total. The summed E-state index contributed by atoms with van der Waals surface area (Å²) in [6.07, 6.45) is 0. The van der Waals surface area contributed by atoms with Crippen molar-refractivity contribution < 1.29 is 24.0 Å². The van der Waals surface area contributed by atoms with Gasteiger partial charge in [-0.15, -0.1) is 0 Å². The Labute approximate surface area is 118 Å². The van der Waals surface area contributed by atoms with Gasteiger partial charge in [0.25, 0.3) is 0 Å². The van der Waals surface area contributed by atoms with Crippen molar-refractivity contribution in [3.8, 4) is 5.75 Å². The second-order valence-electron chi connectivity index (χ2n) is 3.85. The standard InChI is InChI=1S/C12H16N2O5S/c1-2-20(19)6-5-13-12(18)14-8-3-4-9(11(16)17)10(15)7-8/h3-4,7,15H,2,5-6H2,1H3,(H,16,17)(H2,13,14,18). The predicted molar refractivity (Wildman–Crippen MR) is 75.6 cm³/mol. The van der Waals surface area contributed by atoms with Crippen LogP contribution in [0.15, 0.2) is 18.2 Å². The highest BCUT2D eigenvalue weighted by Crippen LogP contribution is 2.21. The lowest BCUT2D eigenvalue weighted by atomic mass is 10.2. The van der Waals surface area contributed by atoms with E-state index in [-0.39, 0.29) is 17.8 Å². The quantitative estimate of drug-likeness (QED) is 0.625. The van der Waals surface area contributed by atoms with Crippen molar-refractivity contribution in [1.82, 2.24) is 5.32 Å². The number of anilines is 1. The van der Waals surface area contributed by atoms with Crippen LogP contribution >= 0.6 is 0 Å². The van der Waals surface area contributed by atoms with E-state index in [0.717, 1.165) is 6.07 Å². The first-order chi connectivity index (χ1) is 9.43. The lowest BCUT2D eigenvalue weighted by Gasteiger charge is -2.08. The van der Waals surface area contributed by atoms with Crippen molar-refractivity contribution in [2.24, 2.45) is 0 Å². The Hall–Kier alpha value is -2.09. The molecule has 20 heavy (non-hydrogen) atoms. The topological polar surface area (TPSA) is 116 Å². The van der Waals surface area contributed by atoms with E-state index in [2.05, 4.69) is 10.6 Å². The molecular weight excluding hydrogens is 284 g/mol. The Kier molecular flexibility index (Phi) is 5.98. The fourth-order valence-electron chi connectivity index (χ4n) is 1.39. The van der Waals surface area contributed by atoms with E-state index in [1.54, 1.807) is 6.92 Å². The predicted octanol–water partition coefficient (Wildman–Crippen LogP) is 0.980. The molecule has 0 saturated heterocycles. The van der Waals surface area contributed by atoms with Gasteiger partial charge in [0.15, 0.2) is 0 Å². The third kappa shape index (κ3) is 4.88. The van der Waals surface area contributed by atoms with E-state index in [1.807, 2.05) is 0 Å². The number of hydrogen-bond acceptors (Lipinski definition) is 4. The molecule has 2 amide bonds. The molecule has 0 bridgehead atoms. The molecular formula is C12H16N2O5S. The molecule has 0 aliphatic rings. The normalized spacial score (nSPS) is 11.7. The number of urea groups is 1. The highest BCUT2D eigenvalue weighted by molar-refractivity contribution is 7.84. The van der Waals surface area contributed by atoms with E-state index in [9.17, 15) is 18.9 Å². The summed E-state index contributed by atoms with van der Waals surface area (Å²) in [5.41, 5.74) is 0.0240. The largest absolute Gasteiger partial charge is 0.507 e. The van der Waals surface area contributed by atoms with Gasteiger partial charge in [0.1, 0.15) is 11.3 Å². The zero-order chi connectivity index (χ0) is 15.1. The maximum atomic E-state index is 11.5. The monoisotopic (exact) mass is 300 g/mol. The summed E-state index contributed by atoms with van der Waals surface area (Å²) in [7, 11) is -0.950. The second kappa shape index (κ2) is 7.49. The van der Waals surface area contributed by atoms with Gasteiger partial charge in [0.05, 0.1) is 0 Å². The molecule has 0 aromatic heterocycles. The van der Waals surface area contributed by atoms with Crippen LogP contribution < -0.4 is 10.6 Å². The molecule has 0 spiro atoms. The van der Waals surface area contributed by atoms with Gasteiger partial charge in [-0.25, -0.2) is 9.59 Å². The Morgan fingerprint density at radius 1 is 1.35 bits per heavy atom. The summed E-state index contributed by atoms with van der Waals surface area (Å²) >= 11 is 0. The molecule has 1 aromatic carbocycles. The fraction of sp³-hybridized carbons (Fsp3) is 0.333. The molecule has 8 heteroatoms. The zero-order valence-electron chi connectivity index (χ0n) is 10.9. The van der Waals surface area contributed by atoms with Crippen LogP contribution in [0.5, 0.6) is 5.75 Å². The molecule has 1 aromatic rings. The van der Waals surface area contributed by atoms with Gasteiger partial charge in [-0.1, -0.05) is 6.92 Å². The van der Waals surface area contributed by atoms with Gasteiger partial charge in [-0.05, 0) is 12.1 Å². The van der Waals surface area contributed by atoms with Gasteiger partial charge < -0.3 is 20.8 Å². The van der Waals surface area contributed by atoms with Gasteiger partial charge in [0.2, 0.25) is 0 Å². The number of carboxylic acid groups (broad SMARTS) is 1. The van der Waals surface area contributed by atoms with E-state index >= 15 is 0 Å². The molecule has 0 heterocycles. The van der Waals surface area contributed by atoms with Crippen LogP contribution in [-0.2, 0) is 10.8 Å². The average Bonchev–Trinajstić information content (AvgIpc) is 2.38. The number of phenols is 1. The van der Waals surface area contributed by atoms with E-state index in [0.29, 0.717) is 11.5 Å². The first kappa shape index (κ1) is 16.0. The lowest BCUT2D eigenvalue weighted by molar-refractivity contribution is 0.0694. The Bertz CT molecular complexity index is 533. The summed E-state index contributed by atoms with van der Waals surface area (Å²) in [5.74, 6) is -0.774. The number of hydrogen-bond donors (Lipinski definition) is 4. The van der Waals surface area contributed by atoms with Crippen LogP contribution in [0, 0.1) is 0 Å². The molecule has 0 radical (unpaired) electrons. The summed E-state index contributed by atoms with van der Waals surface area (Å²) in [4.78, 5) is 22.2. The van der Waals surface area contributed by atoms with Gasteiger partial charge in [-0.2, -0.15) is 0 Å². The van der Waals surface area contributed by atoms with Gasteiger partial charge in [0, 0.05) is 40.6 Å². The first-order valence-electron chi connectivity index (χ1n) is 5.90. The summed E-state index contributed by atoms with van der Waals surface area (Å²) < 4.78 is 11.1. The summed E-state index contributed by atoms with van der Waals surface area (Å²) in [5, 5.41) is 23.2. The number of aromatic hydroxyl groups is 1. The fourth-order valence-corrected chi connectivity index (χ4v) is 2.01. The highest BCUT2D eigenvalue weighted by Gasteiger charge is 2.10. The number of carboxylic acids is 1. The molecule has 1 atom stereocenters. The van der Waals surface area contributed by atoms with Crippen molar-refractivity contribution in [2.45, 2.75) is 6.92 Å². The minimum absolute atomic E-state index is 0.241. The number of aromatic carboxylic acids is 1. The number of nitrogens with one attached hydrogen (secondary N) is 2. The molecule has 1 unspecified atom stereocenters. The van der Waals surface area contributed by atoms with E-state index in [1.165, 1.54) is 12.1 Å². The molecule has 0 fully saturated rings. The van der Waals surface area contributed by atoms with Crippen molar-refractivity contribution in [3.63, 3.8) is 0 Å². The van der Waals surface area contributed by atoms with Crippen LogP contribution in [0.4, 0.5) is 10.5 Å². The van der Waals surface area contributed by atoms with E-state index in [4.69, 9.17) is 5.11 Å². The van der Waals surface area contributed by atoms with Crippen molar-refractivity contribution in [1.29, 1.82) is 0 Å². The summed E-state index contributed by atoms with van der Waals surface area (Å²) in [6, 6.07) is 3.19. The maximum absolute atomic E-state index is 11.5. The Morgan fingerprint density at radius 2 is 2.05 bits per heavy atom. The second-order valence-corrected chi connectivity index (χ2v) is 5.72. The minimum atomic E-state index is -1.25. The number of amides is 2. The molecule has 110 valence electrons. The number of carbonyl (C=O) groups is 2. The third-order valence-corrected chi connectivity index (χ3v) is 3.73. The van der Waals surface area contributed by atoms with Crippen LogP contribution in [-0.4, -0.2) is 44.5 Å². The zero-order valence-corrected chi connectivity index (χ0v) is 11.7. The Balaban J connectivity index is 2.52. The lowest BCUT2D eigenvalue weighted by Crippen LogP contribution is -2.32. The van der Waals surface area contributed by atoms with Crippen LogP contribution in [0.2, 0.25) is 0 Å². The molecule has 0 aliphatic carbocycles. The first-order valence-corrected chi connectivity index (χ1v) is 7.39. The summed E-state index contributed by atoms with van der Waals surface area (Å²) in [6.45, 7) is 2.06. The average molecular weight is 300 g/mol. The molecule has 4 N–H and O–H groups in total. The minimum Gasteiger partial charge on any atom is -0.507 e.